The Morgan fingerprint density at radius 2 is 1.70 bits per heavy atom. The minimum atomic E-state index is -0.711. The predicted molar refractivity (Wildman–Crippen MR) is 195 cm³/mol. The number of hydrogen-bond acceptors (Lipinski definition) is 10. The summed E-state index contributed by atoms with van der Waals surface area (Å²) in [6.07, 6.45) is 5.67. The van der Waals surface area contributed by atoms with Crippen molar-refractivity contribution in [3.05, 3.63) is 54.7 Å². The number of nitrogens with one attached hydrogen (secondary N) is 1. The molecule has 1 fully saturated rings. The highest BCUT2D eigenvalue weighted by Gasteiger charge is 2.27. The first-order chi connectivity index (χ1) is 23.7. The first-order valence-corrected chi connectivity index (χ1v) is 17.4. The number of anilines is 1. The van der Waals surface area contributed by atoms with Crippen molar-refractivity contribution in [2.45, 2.75) is 78.6 Å². The number of esters is 1. The molecule has 0 unspecified atom stereocenters. The van der Waals surface area contributed by atoms with Crippen LogP contribution in [-0.4, -0.2) is 97.9 Å². The first-order valence-electron chi connectivity index (χ1n) is 17.0. The van der Waals surface area contributed by atoms with E-state index in [9.17, 15) is 14.4 Å². The van der Waals surface area contributed by atoms with E-state index >= 15 is 0 Å². The standard InChI is InChI=1S/C36H47N7O6S/c1-35(2,3)48-30(45)23-42(34(46)49-36(4,5)6)14-8-7-9-29(44)43-15-12-26-11-10-25(21-28(26)43)22-37-33(50)41-18-16-40(17-19-41)31-27-13-20-47-32(27)39-24-38-31/h10-13,15,20-21,24H,7-9,14,16-19,22-23H2,1-6H3,(H,37,50). The Morgan fingerprint density at radius 3 is 2.42 bits per heavy atom. The maximum atomic E-state index is 13.3. The zero-order valence-corrected chi connectivity index (χ0v) is 30.5. The number of unbranched alkanes of at least 4 members (excludes halogenated alkanes) is 1. The van der Waals surface area contributed by atoms with Gasteiger partial charge in [-0.15, -0.1) is 0 Å². The lowest BCUT2D eigenvalue weighted by Gasteiger charge is -2.36. The van der Waals surface area contributed by atoms with Crippen LogP contribution in [0.4, 0.5) is 10.6 Å². The number of carbonyl (C=O) groups excluding carboxylic acids is 3. The van der Waals surface area contributed by atoms with Gasteiger partial charge in [-0.2, -0.15) is 0 Å². The average molecular weight is 706 g/mol. The Balaban J connectivity index is 1.11. The van der Waals surface area contributed by atoms with Crippen LogP contribution in [0.3, 0.4) is 0 Å². The molecule has 1 aliphatic heterocycles. The highest BCUT2D eigenvalue weighted by atomic mass is 32.1. The Hall–Kier alpha value is -4.72. The number of nitrogens with zero attached hydrogens (tertiary/aromatic N) is 6. The summed E-state index contributed by atoms with van der Waals surface area (Å²) in [4.78, 5) is 53.0. The zero-order valence-electron chi connectivity index (χ0n) is 29.7. The van der Waals surface area contributed by atoms with Crippen LogP contribution < -0.4 is 10.2 Å². The van der Waals surface area contributed by atoms with Crippen LogP contribution >= 0.6 is 12.2 Å². The summed E-state index contributed by atoms with van der Waals surface area (Å²) in [6.45, 7) is 14.2. The van der Waals surface area contributed by atoms with Crippen LogP contribution in [0, 0.1) is 0 Å². The molecule has 13 nitrogen and oxygen atoms in total. The van der Waals surface area contributed by atoms with Crippen LogP contribution in [0.2, 0.25) is 0 Å². The van der Waals surface area contributed by atoms with Crippen molar-refractivity contribution in [3.8, 4) is 0 Å². The van der Waals surface area contributed by atoms with Gasteiger partial charge in [-0.1, -0.05) is 12.1 Å². The molecule has 1 amide bonds. The highest BCUT2D eigenvalue weighted by Crippen LogP contribution is 2.25. The third-order valence-corrected chi connectivity index (χ3v) is 8.44. The summed E-state index contributed by atoms with van der Waals surface area (Å²) in [5.74, 6) is 0.307. The predicted octanol–water partition coefficient (Wildman–Crippen LogP) is 5.76. The second-order valence-electron chi connectivity index (χ2n) is 14.4. The number of hydrogen-bond donors (Lipinski definition) is 1. The van der Waals surface area contributed by atoms with Gasteiger partial charge in [-0.25, -0.2) is 14.8 Å². The summed E-state index contributed by atoms with van der Waals surface area (Å²) in [5.41, 5.74) is 1.03. The van der Waals surface area contributed by atoms with Crippen LogP contribution in [-0.2, 0) is 20.8 Å². The summed E-state index contributed by atoms with van der Waals surface area (Å²) >= 11 is 5.74. The number of carbonyl (C=O) groups is 3. The van der Waals surface area contributed by atoms with Crippen LogP contribution in [0.15, 0.2) is 53.5 Å². The number of ether oxygens (including phenoxy) is 2. The number of amides is 1. The molecule has 0 atom stereocenters. The molecular formula is C36H47N7O6S. The average Bonchev–Trinajstić information content (AvgIpc) is 3.70. The number of fused-ring (bicyclic) bond motifs is 2. The molecule has 1 N–H and O–H groups in total. The third kappa shape index (κ3) is 9.71. The van der Waals surface area contributed by atoms with Crippen molar-refractivity contribution in [2.24, 2.45) is 0 Å². The molecule has 14 heteroatoms. The molecule has 0 radical (unpaired) electrons. The quantitative estimate of drug-likeness (QED) is 0.122. The minimum Gasteiger partial charge on any atom is -0.459 e. The third-order valence-electron chi connectivity index (χ3n) is 8.04. The van der Waals surface area contributed by atoms with E-state index in [-0.39, 0.29) is 25.4 Å². The topological polar surface area (TPSA) is 135 Å². The van der Waals surface area contributed by atoms with Gasteiger partial charge >= 0.3 is 12.1 Å². The van der Waals surface area contributed by atoms with Gasteiger partial charge in [0.25, 0.3) is 0 Å². The Morgan fingerprint density at radius 1 is 0.960 bits per heavy atom. The lowest BCUT2D eigenvalue weighted by atomic mass is 10.1. The fourth-order valence-electron chi connectivity index (χ4n) is 5.73. The molecule has 3 aromatic heterocycles. The number of aromatic nitrogens is 3. The van der Waals surface area contributed by atoms with Crippen molar-refractivity contribution in [1.29, 1.82) is 0 Å². The van der Waals surface area contributed by atoms with Crippen molar-refractivity contribution in [3.63, 3.8) is 0 Å². The summed E-state index contributed by atoms with van der Waals surface area (Å²) in [5, 5.41) is 5.93. The van der Waals surface area contributed by atoms with E-state index in [0.717, 1.165) is 53.8 Å². The lowest BCUT2D eigenvalue weighted by molar-refractivity contribution is -0.156. The smallest absolute Gasteiger partial charge is 0.410 e. The van der Waals surface area contributed by atoms with Gasteiger partial charge in [0.2, 0.25) is 11.6 Å². The Kier molecular flexibility index (Phi) is 11.3. The van der Waals surface area contributed by atoms with E-state index in [1.54, 1.807) is 58.6 Å². The molecule has 4 aromatic rings. The largest absolute Gasteiger partial charge is 0.459 e. The van der Waals surface area contributed by atoms with Gasteiger partial charge in [0.05, 0.1) is 17.2 Å². The fourth-order valence-corrected chi connectivity index (χ4v) is 5.99. The SMILES string of the molecule is CC(C)(C)OC(=O)CN(CCCCC(=O)n1ccc2ccc(CNC(=S)N3CCN(c4ncnc5occc45)CC3)cc21)C(=O)OC(C)(C)C. The normalized spacial score (nSPS) is 13.8. The van der Waals surface area contributed by atoms with Crippen LogP contribution in [0.5, 0.6) is 0 Å². The van der Waals surface area contributed by atoms with Crippen molar-refractivity contribution in [2.75, 3.05) is 44.2 Å². The number of thiocarbonyl (C=S) groups is 1. The number of piperazine rings is 1. The van der Waals surface area contributed by atoms with Crippen molar-refractivity contribution in [1.82, 2.24) is 29.7 Å². The molecule has 0 aliphatic carbocycles. The first kappa shape index (κ1) is 36.6. The number of benzene rings is 1. The van der Waals surface area contributed by atoms with Crippen LogP contribution in [0.25, 0.3) is 22.0 Å². The van der Waals surface area contributed by atoms with E-state index in [1.165, 1.54) is 11.2 Å². The molecule has 1 saturated heterocycles. The minimum absolute atomic E-state index is 0.0501. The summed E-state index contributed by atoms with van der Waals surface area (Å²) in [6, 6.07) is 9.87. The molecule has 4 heterocycles. The van der Waals surface area contributed by atoms with Gasteiger partial charge in [-0.3, -0.25) is 19.1 Å². The Bertz CT molecular complexity index is 1830. The van der Waals surface area contributed by atoms with Gasteiger partial charge < -0.3 is 29.0 Å². The monoisotopic (exact) mass is 705 g/mol. The van der Waals surface area contributed by atoms with E-state index in [4.69, 9.17) is 26.1 Å². The van der Waals surface area contributed by atoms with Gasteiger partial charge in [0, 0.05) is 57.3 Å². The van der Waals surface area contributed by atoms with Gasteiger partial charge in [0.15, 0.2) is 5.11 Å². The lowest BCUT2D eigenvalue weighted by Crippen LogP contribution is -2.51. The second-order valence-corrected chi connectivity index (χ2v) is 14.8. The van der Waals surface area contributed by atoms with Crippen molar-refractivity contribution < 1.29 is 28.3 Å². The Labute approximate surface area is 297 Å². The molecular weight excluding hydrogens is 659 g/mol. The van der Waals surface area contributed by atoms with E-state index < -0.39 is 23.3 Å². The highest BCUT2D eigenvalue weighted by molar-refractivity contribution is 7.80. The molecule has 1 aromatic carbocycles. The number of furan rings is 1. The zero-order chi connectivity index (χ0) is 36.1. The number of rotatable bonds is 10. The van der Waals surface area contributed by atoms with E-state index in [1.807, 2.05) is 30.3 Å². The maximum absolute atomic E-state index is 13.3. The fraction of sp³-hybridized carbons (Fsp3) is 0.500. The van der Waals surface area contributed by atoms with E-state index in [0.29, 0.717) is 30.2 Å². The van der Waals surface area contributed by atoms with Crippen molar-refractivity contribution >= 4 is 63.1 Å². The molecule has 1 aliphatic rings. The molecule has 50 heavy (non-hydrogen) atoms. The van der Waals surface area contributed by atoms with Gasteiger partial charge in [0.1, 0.15) is 29.9 Å². The molecule has 0 bridgehead atoms. The molecule has 5 rings (SSSR count). The van der Waals surface area contributed by atoms with Gasteiger partial charge in [-0.05, 0) is 90.4 Å². The summed E-state index contributed by atoms with van der Waals surface area (Å²) < 4.78 is 18.0. The second kappa shape index (κ2) is 15.4. The molecule has 268 valence electrons. The maximum Gasteiger partial charge on any atom is 0.410 e. The van der Waals surface area contributed by atoms with E-state index in [2.05, 4.69) is 25.1 Å². The molecule has 0 saturated carbocycles. The van der Waals surface area contributed by atoms with Crippen LogP contribution in [0.1, 0.15) is 71.2 Å². The molecule has 0 spiro atoms. The summed E-state index contributed by atoms with van der Waals surface area (Å²) in [7, 11) is 0.